The Labute approximate surface area is 161 Å². The minimum atomic E-state index is 0.656. The van der Waals surface area contributed by atoms with Crippen molar-refractivity contribution in [2.24, 2.45) is 0 Å². The fourth-order valence-electron chi connectivity index (χ4n) is 2.55. The number of pyridine rings is 1. The summed E-state index contributed by atoms with van der Waals surface area (Å²) in [6, 6.07) is 11.9. The van der Waals surface area contributed by atoms with Gasteiger partial charge < -0.3 is 0 Å². The van der Waals surface area contributed by atoms with Crippen LogP contribution in [0.5, 0.6) is 0 Å². The summed E-state index contributed by atoms with van der Waals surface area (Å²) in [4.78, 5) is 9.57. The molecule has 0 saturated heterocycles. The molecule has 0 fully saturated rings. The number of tetrazole rings is 1. The summed E-state index contributed by atoms with van der Waals surface area (Å²) in [5, 5.41) is 17.3. The lowest BCUT2D eigenvalue weighted by Crippen LogP contribution is -1.98. The Hall–Kier alpha value is -3.11. The molecule has 0 bridgehead atoms. The Balaban J connectivity index is 1.43. The van der Waals surface area contributed by atoms with Gasteiger partial charge in [-0.2, -0.15) is 4.68 Å². The van der Waals surface area contributed by atoms with Crippen molar-refractivity contribution in [3.8, 4) is 16.9 Å². The van der Waals surface area contributed by atoms with Gasteiger partial charge in [-0.05, 0) is 53.4 Å². The molecule has 0 radical (unpaired) electrons. The second-order valence-corrected chi connectivity index (χ2v) is 7.94. The van der Waals surface area contributed by atoms with E-state index in [1.807, 2.05) is 49.5 Å². The van der Waals surface area contributed by atoms with Crippen molar-refractivity contribution in [1.29, 1.82) is 0 Å². The topological polar surface area (TPSA) is 86.7 Å². The van der Waals surface area contributed by atoms with E-state index in [1.165, 1.54) is 28.7 Å². The fraction of sp³-hybridized carbons (Fsp3) is 0.0588. The molecule has 0 N–H and O–H groups in total. The lowest BCUT2D eigenvalue weighted by atomic mass is 10.2. The van der Waals surface area contributed by atoms with E-state index < -0.39 is 0 Å². The lowest BCUT2D eigenvalue weighted by molar-refractivity contribution is 0.755. The molecule has 0 aliphatic heterocycles. The number of rotatable bonds is 4. The monoisotopic (exact) mass is 392 g/mol. The highest BCUT2D eigenvalue weighted by atomic mass is 32.2. The number of fused-ring (bicyclic) bond motifs is 1. The molecule has 1 aromatic carbocycles. The molecular weight excluding hydrogens is 380 g/mol. The highest BCUT2D eigenvalue weighted by Gasteiger charge is 2.15. The predicted molar refractivity (Wildman–Crippen MR) is 102 cm³/mol. The van der Waals surface area contributed by atoms with Crippen LogP contribution >= 0.6 is 23.1 Å². The quantitative estimate of drug-likeness (QED) is 0.464. The van der Waals surface area contributed by atoms with E-state index in [-0.39, 0.29) is 0 Å². The molecule has 0 atom stereocenters. The second kappa shape index (κ2) is 6.56. The van der Waals surface area contributed by atoms with Crippen molar-refractivity contribution >= 4 is 28.1 Å². The molecule has 0 aliphatic rings. The van der Waals surface area contributed by atoms with Crippen LogP contribution in [0.15, 0.2) is 64.5 Å². The van der Waals surface area contributed by atoms with Gasteiger partial charge in [0.05, 0.1) is 17.6 Å². The molecule has 27 heavy (non-hydrogen) atoms. The first-order valence-corrected chi connectivity index (χ1v) is 9.69. The SMILES string of the molecule is Cc1ccc(-n2nnnc2Sc2nn3cc(-c4cccnc4)nc3s2)cc1. The number of aryl methyl sites for hydroxylation is 1. The summed E-state index contributed by atoms with van der Waals surface area (Å²) in [5.74, 6) is 0. The minimum Gasteiger partial charge on any atom is -0.264 e. The van der Waals surface area contributed by atoms with Crippen LogP contribution in [-0.2, 0) is 0 Å². The maximum atomic E-state index is 4.63. The molecule has 0 amide bonds. The third-order valence-corrected chi connectivity index (χ3v) is 5.79. The Kier molecular flexibility index (Phi) is 3.91. The average Bonchev–Trinajstić information content (AvgIpc) is 3.38. The maximum absolute atomic E-state index is 4.63. The summed E-state index contributed by atoms with van der Waals surface area (Å²) >= 11 is 2.90. The summed E-state index contributed by atoms with van der Waals surface area (Å²) in [6.45, 7) is 2.05. The third-order valence-electron chi connectivity index (χ3n) is 3.88. The van der Waals surface area contributed by atoms with Gasteiger partial charge >= 0.3 is 0 Å². The number of nitrogens with zero attached hydrogens (tertiary/aromatic N) is 8. The van der Waals surface area contributed by atoms with E-state index >= 15 is 0 Å². The van der Waals surface area contributed by atoms with E-state index in [1.54, 1.807) is 21.6 Å². The van der Waals surface area contributed by atoms with Gasteiger partial charge in [-0.3, -0.25) is 4.98 Å². The largest absolute Gasteiger partial charge is 0.264 e. The second-order valence-electron chi connectivity index (χ2n) is 5.77. The normalized spacial score (nSPS) is 11.3. The van der Waals surface area contributed by atoms with Gasteiger partial charge in [-0.15, -0.1) is 10.2 Å². The molecule has 10 heteroatoms. The molecule has 0 unspecified atom stereocenters. The van der Waals surface area contributed by atoms with E-state index in [4.69, 9.17) is 0 Å². The van der Waals surface area contributed by atoms with Crippen molar-refractivity contribution in [1.82, 2.24) is 39.8 Å². The van der Waals surface area contributed by atoms with Gasteiger partial charge in [-0.1, -0.05) is 29.0 Å². The van der Waals surface area contributed by atoms with Crippen LogP contribution in [-0.4, -0.2) is 39.8 Å². The number of hydrogen-bond acceptors (Lipinski definition) is 8. The predicted octanol–water partition coefficient (Wildman–Crippen LogP) is 3.29. The summed E-state index contributed by atoms with van der Waals surface area (Å²) in [5.41, 5.74) is 3.91. The van der Waals surface area contributed by atoms with Crippen molar-refractivity contribution in [2.45, 2.75) is 16.4 Å². The number of benzene rings is 1. The van der Waals surface area contributed by atoms with Crippen LogP contribution < -0.4 is 0 Å². The minimum absolute atomic E-state index is 0.656. The average molecular weight is 392 g/mol. The van der Waals surface area contributed by atoms with Gasteiger partial charge in [0.2, 0.25) is 10.1 Å². The van der Waals surface area contributed by atoms with E-state index in [0.717, 1.165) is 26.2 Å². The number of aromatic nitrogens is 8. The van der Waals surface area contributed by atoms with Gasteiger partial charge in [-0.25, -0.2) is 9.50 Å². The smallest absolute Gasteiger partial charge is 0.221 e. The zero-order valence-corrected chi connectivity index (χ0v) is 15.7. The highest BCUT2D eigenvalue weighted by molar-refractivity contribution is 8.01. The molecule has 8 nitrogen and oxygen atoms in total. The van der Waals surface area contributed by atoms with Crippen molar-refractivity contribution in [3.63, 3.8) is 0 Å². The van der Waals surface area contributed by atoms with Crippen LogP contribution in [0.1, 0.15) is 5.56 Å². The van der Waals surface area contributed by atoms with Crippen LogP contribution in [0.25, 0.3) is 21.9 Å². The van der Waals surface area contributed by atoms with Crippen LogP contribution in [0.3, 0.4) is 0 Å². The van der Waals surface area contributed by atoms with E-state index in [9.17, 15) is 0 Å². The molecular formula is C17H12N8S2. The zero-order valence-electron chi connectivity index (χ0n) is 14.1. The summed E-state index contributed by atoms with van der Waals surface area (Å²) in [7, 11) is 0. The molecule has 132 valence electrons. The zero-order chi connectivity index (χ0) is 18.2. The van der Waals surface area contributed by atoms with Crippen molar-refractivity contribution in [2.75, 3.05) is 0 Å². The Morgan fingerprint density at radius 2 is 2.00 bits per heavy atom. The number of imidazole rings is 1. The van der Waals surface area contributed by atoms with Crippen LogP contribution in [0.4, 0.5) is 0 Å². The Morgan fingerprint density at radius 3 is 2.78 bits per heavy atom. The molecule has 5 rings (SSSR count). The molecule has 0 saturated carbocycles. The summed E-state index contributed by atoms with van der Waals surface area (Å²) in [6.07, 6.45) is 5.43. The van der Waals surface area contributed by atoms with Gasteiger partial charge in [0.15, 0.2) is 4.34 Å². The third kappa shape index (κ3) is 3.09. The van der Waals surface area contributed by atoms with E-state index in [2.05, 4.69) is 30.6 Å². The maximum Gasteiger partial charge on any atom is 0.221 e. The Bertz CT molecular complexity index is 1180. The molecule has 0 aliphatic carbocycles. The van der Waals surface area contributed by atoms with Crippen molar-refractivity contribution in [3.05, 3.63) is 60.6 Å². The lowest BCUT2D eigenvalue weighted by Gasteiger charge is -2.02. The van der Waals surface area contributed by atoms with Crippen LogP contribution in [0, 0.1) is 6.92 Å². The van der Waals surface area contributed by atoms with Crippen molar-refractivity contribution < 1.29 is 0 Å². The molecule has 0 spiro atoms. The Morgan fingerprint density at radius 1 is 1.11 bits per heavy atom. The van der Waals surface area contributed by atoms with Gasteiger partial charge in [0.1, 0.15) is 0 Å². The summed E-state index contributed by atoms with van der Waals surface area (Å²) < 4.78 is 4.29. The van der Waals surface area contributed by atoms with Crippen LogP contribution in [0.2, 0.25) is 0 Å². The standard InChI is InChI=1S/C17H12N8S2/c1-11-4-6-13(7-5-11)25-16(20-22-23-25)27-17-21-24-10-14(19-15(24)26-17)12-3-2-8-18-9-12/h2-10H,1H3. The fourth-order valence-corrected chi connectivity index (χ4v) is 4.37. The van der Waals surface area contributed by atoms with Gasteiger partial charge in [0.25, 0.3) is 0 Å². The first-order chi connectivity index (χ1) is 13.3. The van der Waals surface area contributed by atoms with Gasteiger partial charge in [0, 0.05) is 18.0 Å². The molecule has 4 heterocycles. The highest BCUT2D eigenvalue weighted by Crippen LogP contribution is 2.31. The first kappa shape index (κ1) is 16.1. The molecule has 5 aromatic rings. The number of hydrogen-bond donors (Lipinski definition) is 0. The van der Waals surface area contributed by atoms with E-state index in [0.29, 0.717) is 5.16 Å². The first-order valence-electron chi connectivity index (χ1n) is 8.06. The molecule has 4 aromatic heterocycles.